The number of piperidine rings is 1. The second-order valence-corrected chi connectivity index (χ2v) is 7.64. The highest BCUT2D eigenvalue weighted by atomic mass is 16.1. The fourth-order valence-electron chi connectivity index (χ4n) is 3.34. The van der Waals surface area contributed by atoms with Crippen LogP contribution in [0, 0.1) is 11.8 Å². The maximum Gasteiger partial charge on any atom is 0.220 e. The number of carbonyl (C=O) groups excluding carboxylic acids is 1. The zero-order chi connectivity index (χ0) is 18.5. The number of guanidine groups is 1. The third kappa shape index (κ3) is 9.71. The van der Waals surface area contributed by atoms with Gasteiger partial charge in [0.25, 0.3) is 0 Å². The first-order chi connectivity index (χ1) is 12.1. The highest BCUT2D eigenvalue weighted by Gasteiger charge is 2.22. The van der Waals surface area contributed by atoms with Crippen LogP contribution in [0.5, 0.6) is 0 Å². The van der Waals surface area contributed by atoms with Gasteiger partial charge < -0.3 is 15.5 Å². The van der Waals surface area contributed by atoms with E-state index in [0.717, 1.165) is 50.9 Å². The molecule has 0 spiro atoms. The average Bonchev–Trinajstić information content (AvgIpc) is 2.60. The van der Waals surface area contributed by atoms with Crippen molar-refractivity contribution in [3.8, 4) is 0 Å². The van der Waals surface area contributed by atoms with Gasteiger partial charge in [-0.2, -0.15) is 0 Å². The zero-order valence-corrected chi connectivity index (χ0v) is 16.9. The fraction of sp³-hybridized carbons (Fsp3) is 0.900. The van der Waals surface area contributed by atoms with Crippen LogP contribution in [0.4, 0.5) is 0 Å². The van der Waals surface area contributed by atoms with E-state index in [2.05, 4.69) is 36.3 Å². The summed E-state index contributed by atoms with van der Waals surface area (Å²) in [6.45, 7) is 10.5. The van der Waals surface area contributed by atoms with Crippen LogP contribution in [0.25, 0.3) is 0 Å². The van der Waals surface area contributed by atoms with Crippen LogP contribution in [0.15, 0.2) is 4.99 Å². The lowest BCUT2D eigenvalue weighted by Gasteiger charge is -2.34. The van der Waals surface area contributed by atoms with Crippen molar-refractivity contribution in [3.05, 3.63) is 0 Å². The molecule has 1 fully saturated rings. The number of nitrogens with one attached hydrogen (secondary N) is 2. The molecule has 1 rings (SSSR count). The lowest BCUT2D eigenvalue weighted by molar-refractivity contribution is -0.121. The standard InChI is InChI=1S/C20H40N4O/c1-5-22-20(23-13-9-7-6-8-10-17(2)3)24-14-11-18(12-15-24)16-19(25)21-4/h17-18H,5-16H2,1-4H3,(H,21,25)(H,22,23). The molecule has 25 heavy (non-hydrogen) atoms. The third-order valence-electron chi connectivity index (χ3n) is 4.95. The first-order valence-corrected chi connectivity index (χ1v) is 10.3. The van der Waals surface area contributed by atoms with Crippen molar-refractivity contribution in [2.24, 2.45) is 16.8 Å². The molecule has 0 bridgehead atoms. The average molecular weight is 353 g/mol. The number of carbonyl (C=O) groups is 1. The van der Waals surface area contributed by atoms with Crippen molar-refractivity contribution in [2.45, 2.75) is 72.1 Å². The van der Waals surface area contributed by atoms with Gasteiger partial charge in [-0.3, -0.25) is 9.79 Å². The van der Waals surface area contributed by atoms with Gasteiger partial charge in [-0.25, -0.2) is 0 Å². The van der Waals surface area contributed by atoms with E-state index in [-0.39, 0.29) is 5.91 Å². The molecule has 0 radical (unpaired) electrons. The Morgan fingerprint density at radius 2 is 1.84 bits per heavy atom. The topological polar surface area (TPSA) is 56.7 Å². The minimum atomic E-state index is 0.163. The normalized spacial score (nSPS) is 16.4. The molecule has 0 saturated carbocycles. The quantitative estimate of drug-likeness (QED) is 0.360. The Hall–Kier alpha value is -1.26. The smallest absolute Gasteiger partial charge is 0.220 e. The zero-order valence-electron chi connectivity index (χ0n) is 16.9. The molecule has 1 heterocycles. The van der Waals surface area contributed by atoms with E-state index in [9.17, 15) is 4.79 Å². The Bertz CT molecular complexity index is 387. The van der Waals surface area contributed by atoms with E-state index in [0.29, 0.717) is 12.3 Å². The van der Waals surface area contributed by atoms with Gasteiger partial charge in [0.2, 0.25) is 5.91 Å². The van der Waals surface area contributed by atoms with Crippen molar-refractivity contribution < 1.29 is 4.79 Å². The van der Waals surface area contributed by atoms with Crippen LogP contribution in [-0.4, -0.2) is 50.0 Å². The first kappa shape index (κ1) is 21.8. The van der Waals surface area contributed by atoms with Gasteiger partial charge >= 0.3 is 0 Å². The van der Waals surface area contributed by atoms with Gasteiger partial charge in [0.1, 0.15) is 0 Å². The van der Waals surface area contributed by atoms with Gasteiger partial charge in [-0.1, -0.05) is 39.5 Å². The van der Waals surface area contributed by atoms with E-state index in [1.54, 1.807) is 7.05 Å². The molecule has 5 heteroatoms. The van der Waals surface area contributed by atoms with Crippen LogP contribution in [0.2, 0.25) is 0 Å². The van der Waals surface area contributed by atoms with E-state index >= 15 is 0 Å². The number of unbranched alkanes of at least 4 members (excludes halogenated alkanes) is 3. The number of likely N-dealkylation sites (tertiary alicyclic amines) is 1. The van der Waals surface area contributed by atoms with Crippen molar-refractivity contribution in [1.29, 1.82) is 0 Å². The van der Waals surface area contributed by atoms with Crippen molar-refractivity contribution >= 4 is 11.9 Å². The van der Waals surface area contributed by atoms with Crippen LogP contribution >= 0.6 is 0 Å². The number of aliphatic imine (C=N–C) groups is 1. The van der Waals surface area contributed by atoms with Gasteiger partial charge in [0, 0.05) is 39.6 Å². The van der Waals surface area contributed by atoms with Crippen molar-refractivity contribution in [2.75, 3.05) is 33.2 Å². The Labute approximate surface area is 155 Å². The van der Waals surface area contributed by atoms with Gasteiger partial charge in [0.05, 0.1) is 0 Å². The summed E-state index contributed by atoms with van der Waals surface area (Å²) in [5.74, 6) is 2.56. The lowest BCUT2D eigenvalue weighted by atomic mass is 9.93. The molecule has 1 aliphatic rings. The number of amides is 1. The second kappa shape index (κ2) is 13.0. The molecule has 0 aromatic heterocycles. The predicted octanol–water partition coefficient (Wildman–Crippen LogP) is 3.41. The molecule has 1 amide bonds. The molecule has 0 aromatic rings. The highest BCUT2D eigenvalue weighted by Crippen LogP contribution is 2.20. The maximum absolute atomic E-state index is 11.5. The Morgan fingerprint density at radius 3 is 2.44 bits per heavy atom. The summed E-state index contributed by atoms with van der Waals surface area (Å²) in [6.07, 6.45) is 9.30. The minimum absolute atomic E-state index is 0.163. The molecule has 0 aromatic carbocycles. The number of nitrogens with zero attached hydrogens (tertiary/aromatic N) is 2. The van der Waals surface area contributed by atoms with E-state index in [4.69, 9.17) is 4.99 Å². The minimum Gasteiger partial charge on any atom is -0.359 e. The Kier molecular flexibility index (Phi) is 11.3. The molecular weight excluding hydrogens is 312 g/mol. The van der Waals surface area contributed by atoms with E-state index in [1.807, 2.05) is 0 Å². The molecule has 0 unspecified atom stereocenters. The molecule has 146 valence electrons. The van der Waals surface area contributed by atoms with Crippen LogP contribution in [0.1, 0.15) is 72.1 Å². The first-order valence-electron chi connectivity index (χ1n) is 10.3. The molecule has 0 aliphatic carbocycles. The summed E-state index contributed by atoms with van der Waals surface area (Å²) in [6, 6.07) is 0. The van der Waals surface area contributed by atoms with Crippen LogP contribution in [0.3, 0.4) is 0 Å². The number of hydrogen-bond donors (Lipinski definition) is 2. The number of hydrogen-bond acceptors (Lipinski definition) is 2. The molecule has 1 aliphatic heterocycles. The molecular formula is C20H40N4O. The van der Waals surface area contributed by atoms with E-state index in [1.165, 1.54) is 32.1 Å². The number of rotatable bonds is 10. The Balaban J connectivity index is 2.30. The summed E-state index contributed by atoms with van der Waals surface area (Å²) in [5, 5.41) is 6.17. The fourth-order valence-corrected chi connectivity index (χ4v) is 3.34. The van der Waals surface area contributed by atoms with E-state index < -0.39 is 0 Å². The summed E-state index contributed by atoms with van der Waals surface area (Å²) < 4.78 is 0. The molecule has 1 saturated heterocycles. The molecule has 5 nitrogen and oxygen atoms in total. The highest BCUT2D eigenvalue weighted by molar-refractivity contribution is 5.80. The van der Waals surface area contributed by atoms with Gasteiger partial charge in [0.15, 0.2) is 5.96 Å². The second-order valence-electron chi connectivity index (χ2n) is 7.64. The maximum atomic E-state index is 11.5. The van der Waals surface area contributed by atoms with Crippen molar-refractivity contribution in [3.63, 3.8) is 0 Å². The molecule has 0 atom stereocenters. The van der Waals surface area contributed by atoms with Crippen LogP contribution < -0.4 is 10.6 Å². The SMILES string of the molecule is CCNC(=NCCCCCCC(C)C)N1CCC(CC(=O)NC)CC1. The van der Waals surface area contributed by atoms with Gasteiger partial charge in [-0.15, -0.1) is 0 Å². The predicted molar refractivity (Wildman–Crippen MR) is 107 cm³/mol. The largest absolute Gasteiger partial charge is 0.359 e. The van der Waals surface area contributed by atoms with Crippen LogP contribution in [-0.2, 0) is 4.79 Å². The van der Waals surface area contributed by atoms with Crippen molar-refractivity contribution in [1.82, 2.24) is 15.5 Å². The molecule has 2 N–H and O–H groups in total. The summed E-state index contributed by atoms with van der Waals surface area (Å²) >= 11 is 0. The summed E-state index contributed by atoms with van der Waals surface area (Å²) in [4.78, 5) is 18.7. The Morgan fingerprint density at radius 1 is 1.16 bits per heavy atom. The third-order valence-corrected chi connectivity index (χ3v) is 4.95. The summed E-state index contributed by atoms with van der Waals surface area (Å²) in [7, 11) is 1.72. The monoisotopic (exact) mass is 352 g/mol. The van der Waals surface area contributed by atoms with Gasteiger partial charge in [-0.05, 0) is 38.0 Å². The summed E-state index contributed by atoms with van der Waals surface area (Å²) in [5.41, 5.74) is 0. The lowest BCUT2D eigenvalue weighted by Crippen LogP contribution is -2.46.